The average Bonchev–Trinajstić information content (AvgIpc) is 3.51. The van der Waals surface area contributed by atoms with Crippen LogP contribution in [-0.2, 0) is 10.8 Å². The molecule has 5 nitrogen and oxygen atoms in total. The summed E-state index contributed by atoms with van der Waals surface area (Å²) in [5, 5.41) is 10.7. The normalized spacial score (nSPS) is 14.1. The van der Waals surface area contributed by atoms with Crippen LogP contribution in [0.4, 0.5) is 0 Å². The first-order valence-electron chi connectivity index (χ1n) is 10.8. The van der Waals surface area contributed by atoms with Crippen LogP contribution in [0, 0.1) is 0 Å². The van der Waals surface area contributed by atoms with Gasteiger partial charge in [0.2, 0.25) is 0 Å². The number of carbonyl (C=O) groups is 1. The number of nitrogens with one attached hydrogen (secondary N) is 1. The maximum Gasteiger partial charge on any atom is 0.280 e. The summed E-state index contributed by atoms with van der Waals surface area (Å²) >= 11 is 3.35. The van der Waals surface area contributed by atoms with Gasteiger partial charge in [-0.2, -0.15) is 0 Å². The molecule has 0 atom stereocenters. The molecular formula is C26H26N2O3S2. The van der Waals surface area contributed by atoms with Crippen molar-refractivity contribution in [3.05, 3.63) is 63.0 Å². The lowest BCUT2D eigenvalue weighted by Gasteiger charge is -2.15. The van der Waals surface area contributed by atoms with Gasteiger partial charge >= 0.3 is 0 Å². The number of hydrogen-bond donors (Lipinski definition) is 2. The van der Waals surface area contributed by atoms with Gasteiger partial charge in [-0.05, 0) is 41.8 Å². The molecule has 0 bridgehead atoms. The van der Waals surface area contributed by atoms with Crippen molar-refractivity contribution in [2.45, 2.75) is 52.4 Å². The minimum absolute atomic E-state index is 0.0700. The summed E-state index contributed by atoms with van der Waals surface area (Å²) in [7, 11) is 0. The second kappa shape index (κ2) is 7.30. The Morgan fingerprint density at radius 3 is 2.15 bits per heavy atom. The highest BCUT2D eigenvalue weighted by atomic mass is 32.1. The first kappa shape index (κ1) is 21.9. The second-order valence-corrected chi connectivity index (χ2v) is 12.5. The van der Waals surface area contributed by atoms with Gasteiger partial charge in [-0.3, -0.25) is 4.79 Å². The highest BCUT2D eigenvalue weighted by molar-refractivity contribution is 7.23. The number of carbonyl (C=O) groups excluding carboxylic acids is 1. The van der Waals surface area contributed by atoms with Gasteiger partial charge in [0.15, 0.2) is 11.6 Å². The molecule has 33 heavy (non-hydrogen) atoms. The van der Waals surface area contributed by atoms with Crippen molar-refractivity contribution in [1.29, 1.82) is 0 Å². The number of aliphatic imine (C=N–C) groups is 1. The Labute approximate surface area is 200 Å². The first-order chi connectivity index (χ1) is 15.4. The number of aromatic hydroxyl groups is 1. The van der Waals surface area contributed by atoms with Crippen LogP contribution >= 0.6 is 22.7 Å². The van der Waals surface area contributed by atoms with Crippen molar-refractivity contribution < 1.29 is 14.3 Å². The fraction of sp³-hybridized carbons (Fsp3) is 0.308. The largest absolute Gasteiger partial charge is 0.494 e. The lowest BCUT2D eigenvalue weighted by Crippen LogP contribution is -2.08. The zero-order valence-corrected chi connectivity index (χ0v) is 21.1. The quantitative estimate of drug-likeness (QED) is 0.323. The third kappa shape index (κ3) is 3.69. The Hall–Kier alpha value is -2.90. The summed E-state index contributed by atoms with van der Waals surface area (Å²) in [6.45, 7) is 12.8. The number of furan rings is 1. The zero-order chi connectivity index (χ0) is 23.7. The van der Waals surface area contributed by atoms with E-state index in [2.05, 4.69) is 69.7 Å². The molecule has 0 saturated heterocycles. The highest BCUT2D eigenvalue weighted by Gasteiger charge is 2.35. The van der Waals surface area contributed by atoms with Crippen molar-refractivity contribution in [2.75, 3.05) is 0 Å². The third-order valence-electron chi connectivity index (χ3n) is 5.66. The van der Waals surface area contributed by atoms with Gasteiger partial charge < -0.3 is 14.5 Å². The standard InChI is InChI=1S/C26H26N2O3S2/c1-25(2,3)17-11-7-13(31-17)21-19-20(24(30)27-21)22(28-23(19)29)16-9-8-14(32-16)15-10-12-18(33-15)26(4,5)6/h7-12,27,30H,1-6H3. The molecule has 5 heterocycles. The van der Waals surface area contributed by atoms with Gasteiger partial charge in [-0.25, -0.2) is 4.99 Å². The summed E-state index contributed by atoms with van der Waals surface area (Å²) in [6.07, 6.45) is 0. The van der Waals surface area contributed by atoms with E-state index in [1.165, 1.54) is 9.75 Å². The van der Waals surface area contributed by atoms with Gasteiger partial charge in [0.05, 0.1) is 27.4 Å². The maximum absolute atomic E-state index is 12.9. The van der Waals surface area contributed by atoms with Gasteiger partial charge in [0.1, 0.15) is 5.76 Å². The summed E-state index contributed by atoms with van der Waals surface area (Å²) in [4.78, 5) is 24.6. The van der Waals surface area contributed by atoms with Crippen LogP contribution in [0.5, 0.6) is 5.88 Å². The molecule has 1 amide bonds. The topological polar surface area (TPSA) is 78.6 Å². The number of hydrogen-bond acceptors (Lipinski definition) is 5. The highest BCUT2D eigenvalue weighted by Crippen LogP contribution is 2.43. The molecule has 5 rings (SSSR count). The zero-order valence-electron chi connectivity index (χ0n) is 19.5. The van der Waals surface area contributed by atoms with E-state index in [-0.39, 0.29) is 22.6 Å². The number of nitrogens with zero attached hydrogens (tertiary/aromatic N) is 1. The molecule has 2 N–H and O–H groups in total. The smallest absolute Gasteiger partial charge is 0.280 e. The Morgan fingerprint density at radius 1 is 0.848 bits per heavy atom. The van der Waals surface area contributed by atoms with Crippen LogP contribution in [-0.4, -0.2) is 21.7 Å². The van der Waals surface area contributed by atoms with E-state index in [0.717, 1.165) is 15.5 Å². The van der Waals surface area contributed by atoms with Crippen LogP contribution in [0.1, 0.15) is 73.0 Å². The predicted molar refractivity (Wildman–Crippen MR) is 135 cm³/mol. The van der Waals surface area contributed by atoms with Gasteiger partial charge in [-0.15, -0.1) is 22.7 Å². The number of aromatic nitrogens is 1. The first-order valence-corrected chi connectivity index (χ1v) is 12.5. The van der Waals surface area contributed by atoms with Crippen LogP contribution in [0.15, 0.2) is 45.8 Å². The SMILES string of the molecule is CC(C)(C)c1ccc(-c2[nH]c(O)c3c2C(=O)N=C3c2ccc(-c3ccc(C(C)(C)C)s3)s2)o1. The molecule has 0 fully saturated rings. The van der Waals surface area contributed by atoms with E-state index in [0.29, 0.717) is 28.3 Å². The average molecular weight is 479 g/mol. The number of rotatable bonds is 3. The molecule has 0 aliphatic carbocycles. The number of amides is 1. The fourth-order valence-corrected chi connectivity index (χ4v) is 6.01. The number of aromatic amines is 1. The molecule has 7 heteroatoms. The molecule has 0 unspecified atom stereocenters. The third-order valence-corrected chi connectivity index (χ3v) is 8.46. The Kier molecular flexibility index (Phi) is 4.85. The predicted octanol–water partition coefficient (Wildman–Crippen LogP) is 7.36. The summed E-state index contributed by atoms with van der Waals surface area (Å²) in [5.74, 6) is 0.877. The van der Waals surface area contributed by atoms with E-state index >= 15 is 0 Å². The van der Waals surface area contributed by atoms with Crippen molar-refractivity contribution in [3.63, 3.8) is 0 Å². The second-order valence-electron chi connectivity index (χ2n) is 10.4. The Morgan fingerprint density at radius 2 is 1.52 bits per heavy atom. The number of fused-ring (bicyclic) bond motifs is 1. The van der Waals surface area contributed by atoms with Crippen molar-refractivity contribution in [2.24, 2.45) is 4.99 Å². The molecule has 170 valence electrons. The van der Waals surface area contributed by atoms with Crippen LogP contribution in [0.3, 0.4) is 0 Å². The van der Waals surface area contributed by atoms with Gasteiger partial charge in [0.25, 0.3) is 5.91 Å². The lowest BCUT2D eigenvalue weighted by atomic mass is 9.94. The molecular weight excluding hydrogens is 452 g/mol. The molecule has 0 aromatic carbocycles. The molecule has 4 aromatic heterocycles. The fourth-order valence-electron chi connectivity index (χ4n) is 3.85. The molecule has 1 aliphatic heterocycles. The van der Waals surface area contributed by atoms with E-state index < -0.39 is 0 Å². The van der Waals surface area contributed by atoms with Crippen LogP contribution in [0.2, 0.25) is 0 Å². The van der Waals surface area contributed by atoms with Crippen molar-refractivity contribution in [1.82, 2.24) is 4.98 Å². The van der Waals surface area contributed by atoms with Crippen LogP contribution in [0.25, 0.3) is 21.2 Å². The minimum atomic E-state index is -0.374. The molecule has 4 aromatic rings. The molecule has 0 saturated carbocycles. The summed E-state index contributed by atoms with van der Waals surface area (Å²) < 4.78 is 6.01. The summed E-state index contributed by atoms with van der Waals surface area (Å²) in [5.41, 5.74) is 1.71. The summed E-state index contributed by atoms with van der Waals surface area (Å²) in [6, 6.07) is 12.1. The molecule has 0 radical (unpaired) electrons. The van der Waals surface area contributed by atoms with E-state index in [9.17, 15) is 9.90 Å². The van der Waals surface area contributed by atoms with Crippen molar-refractivity contribution in [3.8, 4) is 27.1 Å². The van der Waals surface area contributed by atoms with E-state index in [1.807, 2.05) is 18.2 Å². The number of H-pyrrole nitrogens is 1. The monoisotopic (exact) mass is 478 g/mol. The Bertz CT molecular complexity index is 1410. The molecule has 0 spiro atoms. The van der Waals surface area contributed by atoms with Gasteiger partial charge in [0, 0.05) is 20.0 Å². The number of thiophene rings is 2. The van der Waals surface area contributed by atoms with Crippen molar-refractivity contribution >= 4 is 34.3 Å². The Balaban J connectivity index is 1.52. The molecule has 1 aliphatic rings. The minimum Gasteiger partial charge on any atom is -0.494 e. The lowest BCUT2D eigenvalue weighted by molar-refractivity contribution is 0.101. The van der Waals surface area contributed by atoms with Crippen LogP contribution < -0.4 is 0 Å². The van der Waals surface area contributed by atoms with E-state index in [4.69, 9.17) is 4.42 Å². The van der Waals surface area contributed by atoms with Gasteiger partial charge in [-0.1, -0.05) is 41.5 Å². The van der Waals surface area contributed by atoms with E-state index in [1.54, 1.807) is 22.7 Å². The maximum atomic E-state index is 12.9.